The number of hydrogen-bond acceptors (Lipinski definition) is 7. The number of carbonyl (C=O) groups excluding carboxylic acids is 2. The van der Waals surface area contributed by atoms with E-state index in [1.807, 2.05) is 19.1 Å². The van der Waals surface area contributed by atoms with Gasteiger partial charge in [0.15, 0.2) is 11.9 Å². The molecule has 7 nitrogen and oxygen atoms in total. The Morgan fingerprint density at radius 3 is 2.26 bits per heavy atom. The third kappa shape index (κ3) is 6.27. The van der Waals surface area contributed by atoms with Crippen LogP contribution < -0.4 is 14.2 Å². The summed E-state index contributed by atoms with van der Waals surface area (Å²) in [6.45, 7) is 6.40. The molecule has 1 aliphatic rings. The van der Waals surface area contributed by atoms with E-state index in [1.165, 1.54) is 14.0 Å². The molecule has 2 aromatic rings. The van der Waals surface area contributed by atoms with E-state index in [0.29, 0.717) is 49.4 Å². The second-order valence-corrected chi connectivity index (χ2v) is 8.74. The van der Waals surface area contributed by atoms with Gasteiger partial charge in [-0.2, -0.15) is 0 Å². The van der Waals surface area contributed by atoms with Crippen LogP contribution in [0.4, 0.5) is 0 Å². The van der Waals surface area contributed by atoms with Gasteiger partial charge in [0.1, 0.15) is 23.0 Å². The minimum Gasteiger partial charge on any atom is -0.507 e. The van der Waals surface area contributed by atoms with Crippen LogP contribution in [0.2, 0.25) is 0 Å². The van der Waals surface area contributed by atoms with E-state index in [9.17, 15) is 14.7 Å². The lowest BCUT2D eigenvalue weighted by Gasteiger charge is -2.27. The Balaban J connectivity index is 1.64. The molecule has 0 saturated heterocycles. The van der Waals surface area contributed by atoms with Gasteiger partial charge in [-0.1, -0.05) is 32.8 Å². The van der Waals surface area contributed by atoms with Crippen LogP contribution in [0.15, 0.2) is 24.3 Å². The smallest absolute Gasteiger partial charge is 0.347 e. The van der Waals surface area contributed by atoms with E-state index in [4.69, 9.17) is 18.9 Å². The van der Waals surface area contributed by atoms with Crippen LogP contribution in [0.5, 0.6) is 23.0 Å². The average molecular weight is 485 g/mol. The number of methoxy groups -OCH3 is 1. The summed E-state index contributed by atoms with van der Waals surface area (Å²) in [5.74, 6) is 1.58. The largest absolute Gasteiger partial charge is 0.507 e. The van der Waals surface area contributed by atoms with Gasteiger partial charge in [-0.3, -0.25) is 4.79 Å². The molecular weight excluding hydrogens is 448 g/mol. The van der Waals surface area contributed by atoms with Crippen molar-refractivity contribution in [3.8, 4) is 23.0 Å². The van der Waals surface area contributed by atoms with E-state index in [0.717, 1.165) is 48.3 Å². The van der Waals surface area contributed by atoms with Crippen LogP contribution in [0.1, 0.15) is 73.5 Å². The highest BCUT2D eigenvalue weighted by Gasteiger charge is 2.29. The molecule has 1 heterocycles. The van der Waals surface area contributed by atoms with Crippen LogP contribution in [0.3, 0.4) is 0 Å². The highest BCUT2D eigenvalue weighted by Crippen LogP contribution is 2.38. The lowest BCUT2D eigenvalue weighted by Crippen LogP contribution is -2.32. The van der Waals surface area contributed by atoms with E-state index >= 15 is 0 Å². The van der Waals surface area contributed by atoms with Gasteiger partial charge in [-0.05, 0) is 56.4 Å². The van der Waals surface area contributed by atoms with Crippen LogP contribution in [-0.2, 0) is 28.8 Å². The number of fused-ring (bicyclic) bond motifs is 1. The molecule has 190 valence electrons. The number of ketones is 1. The van der Waals surface area contributed by atoms with Crippen LogP contribution in [0.25, 0.3) is 0 Å². The number of benzene rings is 2. The Kier molecular flexibility index (Phi) is 9.40. The second-order valence-electron chi connectivity index (χ2n) is 8.74. The van der Waals surface area contributed by atoms with Gasteiger partial charge in [0, 0.05) is 17.5 Å². The molecule has 0 aliphatic carbocycles. The number of aromatic hydroxyl groups is 1. The van der Waals surface area contributed by atoms with Crippen molar-refractivity contribution in [3.05, 3.63) is 46.5 Å². The first-order valence-corrected chi connectivity index (χ1v) is 12.4. The molecule has 3 rings (SSSR count). The van der Waals surface area contributed by atoms with Crippen molar-refractivity contribution in [1.29, 1.82) is 0 Å². The minimum absolute atomic E-state index is 0.0108. The van der Waals surface area contributed by atoms with Crippen LogP contribution >= 0.6 is 0 Å². The summed E-state index contributed by atoms with van der Waals surface area (Å²) in [7, 11) is 1.38. The maximum absolute atomic E-state index is 12.0. The topological polar surface area (TPSA) is 91.3 Å². The Labute approximate surface area is 207 Å². The number of carbonyl (C=O) groups is 2. The fourth-order valence-electron chi connectivity index (χ4n) is 4.36. The summed E-state index contributed by atoms with van der Waals surface area (Å²) in [6.07, 6.45) is 4.56. The van der Waals surface area contributed by atoms with Crippen molar-refractivity contribution in [3.63, 3.8) is 0 Å². The predicted octanol–water partition coefficient (Wildman–Crippen LogP) is 5.21. The van der Waals surface area contributed by atoms with Crippen molar-refractivity contribution < 1.29 is 33.6 Å². The zero-order valence-electron chi connectivity index (χ0n) is 21.1. The van der Waals surface area contributed by atoms with Gasteiger partial charge in [0.2, 0.25) is 0 Å². The summed E-state index contributed by atoms with van der Waals surface area (Å²) in [5.41, 5.74) is 3.05. The first-order chi connectivity index (χ1) is 16.9. The summed E-state index contributed by atoms with van der Waals surface area (Å²) in [6, 6.07) is 7.34. The molecule has 1 atom stereocenters. The first-order valence-electron chi connectivity index (χ1n) is 12.4. The molecule has 7 heteroatoms. The quantitative estimate of drug-likeness (QED) is 0.251. The van der Waals surface area contributed by atoms with E-state index < -0.39 is 6.10 Å². The van der Waals surface area contributed by atoms with Gasteiger partial charge >= 0.3 is 5.97 Å². The molecule has 1 N–H and O–H groups in total. The normalized spacial score (nSPS) is 14.6. The number of rotatable bonds is 12. The molecular formula is C28H36O7. The number of hydrogen-bond donors (Lipinski definition) is 1. The second kappa shape index (κ2) is 12.5. The number of ether oxygens (including phenoxy) is 4. The summed E-state index contributed by atoms with van der Waals surface area (Å²) in [4.78, 5) is 23.8. The molecule has 1 unspecified atom stereocenters. The third-order valence-corrected chi connectivity index (χ3v) is 6.12. The number of aryl methyl sites for hydroxylation is 1. The summed E-state index contributed by atoms with van der Waals surface area (Å²) < 4.78 is 22.9. The number of phenolic OH excluding ortho intramolecular Hbond substituents is 1. The zero-order chi connectivity index (χ0) is 25.4. The molecule has 0 amide bonds. The predicted molar refractivity (Wildman–Crippen MR) is 133 cm³/mol. The molecule has 0 fully saturated rings. The summed E-state index contributed by atoms with van der Waals surface area (Å²) >= 11 is 0. The van der Waals surface area contributed by atoms with Crippen molar-refractivity contribution in [2.75, 3.05) is 20.3 Å². The lowest BCUT2D eigenvalue weighted by molar-refractivity contribution is -0.149. The zero-order valence-corrected chi connectivity index (χ0v) is 21.1. The molecule has 35 heavy (non-hydrogen) atoms. The highest BCUT2D eigenvalue weighted by molar-refractivity contribution is 5.97. The first kappa shape index (κ1) is 26.4. The molecule has 0 radical (unpaired) electrons. The van der Waals surface area contributed by atoms with Gasteiger partial charge in [0.05, 0.1) is 25.9 Å². The fraction of sp³-hybridized carbons (Fsp3) is 0.500. The van der Waals surface area contributed by atoms with E-state index in [2.05, 4.69) is 6.92 Å². The molecule has 0 aromatic heterocycles. The fourth-order valence-corrected chi connectivity index (χ4v) is 4.36. The maximum Gasteiger partial charge on any atom is 0.347 e. The highest BCUT2D eigenvalue weighted by atomic mass is 16.6. The van der Waals surface area contributed by atoms with Gasteiger partial charge < -0.3 is 24.1 Å². The molecule has 0 saturated carbocycles. The lowest BCUT2D eigenvalue weighted by atomic mass is 9.96. The standard InChI is InChI=1S/C28H36O7/c1-5-8-21-23(15-12-20(18(3)29)26(21)30)33-16-7-17-34-24-13-10-19-11-14-25(28(31)32-4)35-27(19)22(24)9-6-2/h10,12-13,15,25,30H,5-9,11,14,16-17H2,1-4H3. The van der Waals surface area contributed by atoms with Crippen LogP contribution in [0, 0.1) is 0 Å². The van der Waals surface area contributed by atoms with Gasteiger partial charge in [0.25, 0.3) is 0 Å². The average Bonchev–Trinajstić information content (AvgIpc) is 2.85. The number of Topliss-reactive ketones (excluding diaryl/α,β-unsaturated/α-hetero) is 1. The van der Waals surface area contributed by atoms with E-state index in [-0.39, 0.29) is 17.5 Å². The van der Waals surface area contributed by atoms with Crippen LogP contribution in [-0.4, -0.2) is 43.3 Å². The monoisotopic (exact) mass is 484 g/mol. The maximum atomic E-state index is 12.0. The Morgan fingerprint density at radius 1 is 1.00 bits per heavy atom. The Morgan fingerprint density at radius 2 is 1.63 bits per heavy atom. The number of phenols is 1. The van der Waals surface area contributed by atoms with E-state index in [1.54, 1.807) is 12.1 Å². The van der Waals surface area contributed by atoms with Crippen molar-refractivity contribution in [1.82, 2.24) is 0 Å². The molecule has 1 aliphatic heterocycles. The van der Waals surface area contributed by atoms with Gasteiger partial charge in [-0.15, -0.1) is 0 Å². The molecule has 0 spiro atoms. The third-order valence-electron chi connectivity index (χ3n) is 6.12. The SMILES string of the molecule is CCCc1c(OCCCOc2ccc3c(c2CCC)OC(C(=O)OC)CC3)ccc(C(C)=O)c1O. The minimum atomic E-state index is -0.588. The Hall–Kier alpha value is -3.22. The molecule has 2 aromatic carbocycles. The van der Waals surface area contributed by atoms with Crippen molar-refractivity contribution in [2.45, 2.75) is 71.8 Å². The van der Waals surface area contributed by atoms with Crippen molar-refractivity contribution in [2.24, 2.45) is 0 Å². The molecule has 0 bridgehead atoms. The summed E-state index contributed by atoms with van der Waals surface area (Å²) in [5, 5.41) is 10.5. The number of esters is 1. The van der Waals surface area contributed by atoms with Crippen molar-refractivity contribution >= 4 is 11.8 Å². The Bertz CT molecular complexity index is 1040. The van der Waals surface area contributed by atoms with Gasteiger partial charge in [-0.25, -0.2) is 4.79 Å².